The number of aliphatic hydroxyl groups excluding tert-OH is 1. The van der Waals surface area contributed by atoms with Gasteiger partial charge in [0.2, 0.25) is 0 Å². The number of rotatable bonds is 5. The number of carbonyl (C=O) groups is 1. The topological polar surface area (TPSA) is 56.3 Å². The Bertz CT molecular complexity index is 570. The van der Waals surface area contributed by atoms with Crippen LogP contribution >= 0.6 is 0 Å². The number of morpholine rings is 1. The zero-order valence-corrected chi connectivity index (χ0v) is 15.2. The molecule has 0 radical (unpaired) electrons. The van der Waals surface area contributed by atoms with E-state index in [0.717, 1.165) is 45.1 Å². The molecule has 2 atom stereocenters. The number of carbonyl (C=O) groups excluding carboxylic acids is 1. The van der Waals surface area contributed by atoms with Gasteiger partial charge in [-0.3, -0.25) is 9.69 Å². The van der Waals surface area contributed by atoms with Crippen LogP contribution in [0.25, 0.3) is 0 Å². The summed E-state index contributed by atoms with van der Waals surface area (Å²) in [6, 6.07) is 7.72. The van der Waals surface area contributed by atoms with Crippen LogP contribution in [0.3, 0.4) is 0 Å². The molecule has 2 aliphatic rings. The summed E-state index contributed by atoms with van der Waals surface area (Å²) in [6.07, 6.45) is 0. The predicted molar refractivity (Wildman–Crippen MR) is 98.0 cm³/mol. The second-order valence-corrected chi connectivity index (χ2v) is 7.27. The van der Waals surface area contributed by atoms with Crippen molar-refractivity contribution in [3.05, 3.63) is 29.8 Å². The van der Waals surface area contributed by atoms with Crippen LogP contribution in [0.15, 0.2) is 24.3 Å². The fourth-order valence-electron chi connectivity index (χ4n) is 3.72. The zero-order valence-electron chi connectivity index (χ0n) is 15.2. The quantitative estimate of drug-likeness (QED) is 0.853. The maximum absolute atomic E-state index is 12.8. The summed E-state index contributed by atoms with van der Waals surface area (Å²) in [6.45, 7) is 5.85. The van der Waals surface area contributed by atoms with Crippen molar-refractivity contribution < 1.29 is 14.6 Å². The molecule has 1 aromatic carbocycles. The summed E-state index contributed by atoms with van der Waals surface area (Å²) in [4.78, 5) is 19.1. The van der Waals surface area contributed by atoms with Crippen LogP contribution in [0.1, 0.15) is 10.4 Å². The van der Waals surface area contributed by atoms with Crippen LogP contribution in [-0.4, -0.2) is 87.5 Å². The number of hydrogen-bond acceptors (Lipinski definition) is 5. The van der Waals surface area contributed by atoms with Crippen molar-refractivity contribution in [1.29, 1.82) is 0 Å². The molecule has 138 valence electrons. The Balaban J connectivity index is 1.63. The van der Waals surface area contributed by atoms with Crippen molar-refractivity contribution in [1.82, 2.24) is 9.80 Å². The summed E-state index contributed by atoms with van der Waals surface area (Å²) in [7, 11) is 3.97. The summed E-state index contributed by atoms with van der Waals surface area (Å²) < 4.78 is 5.40. The van der Waals surface area contributed by atoms with Gasteiger partial charge in [0, 0.05) is 70.6 Å². The summed E-state index contributed by atoms with van der Waals surface area (Å²) in [5.41, 5.74) is 1.80. The number of benzene rings is 1. The third-order valence-corrected chi connectivity index (χ3v) is 5.33. The van der Waals surface area contributed by atoms with Gasteiger partial charge in [-0.1, -0.05) is 0 Å². The van der Waals surface area contributed by atoms with E-state index < -0.39 is 0 Å². The molecule has 3 rings (SSSR count). The fraction of sp³-hybridized carbons (Fsp3) is 0.632. The normalized spacial score (nSPS) is 24.5. The minimum atomic E-state index is 0.0632. The van der Waals surface area contributed by atoms with E-state index in [1.165, 1.54) is 0 Å². The fourth-order valence-corrected chi connectivity index (χ4v) is 3.72. The second-order valence-electron chi connectivity index (χ2n) is 7.27. The number of amides is 1. The number of hydrogen-bond donors (Lipinski definition) is 1. The highest BCUT2D eigenvalue weighted by Crippen LogP contribution is 2.26. The number of aliphatic hydroxyl groups is 1. The Kier molecular flexibility index (Phi) is 5.93. The van der Waals surface area contributed by atoms with Gasteiger partial charge >= 0.3 is 0 Å². The van der Waals surface area contributed by atoms with E-state index in [1.807, 2.05) is 48.2 Å². The van der Waals surface area contributed by atoms with E-state index in [9.17, 15) is 9.90 Å². The Hall–Kier alpha value is -1.63. The van der Waals surface area contributed by atoms with Gasteiger partial charge in [-0.2, -0.15) is 0 Å². The minimum absolute atomic E-state index is 0.0632. The molecule has 1 aromatic rings. The van der Waals surface area contributed by atoms with Gasteiger partial charge in [0.05, 0.1) is 13.2 Å². The van der Waals surface area contributed by atoms with Crippen molar-refractivity contribution in [3.8, 4) is 0 Å². The van der Waals surface area contributed by atoms with Crippen molar-refractivity contribution in [2.75, 3.05) is 71.5 Å². The summed E-state index contributed by atoms with van der Waals surface area (Å²) in [5.74, 6) is 0.550. The van der Waals surface area contributed by atoms with Gasteiger partial charge in [0.15, 0.2) is 0 Å². The van der Waals surface area contributed by atoms with Gasteiger partial charge in [-0.15, -0.1) is 0 Å². The molecule has 0 aliphatic carbocycles. The number of likely N-dealkylation sites (tertiary alicyclic amines) is 1. The molecular weight excluding hydrogens is 318 g/mol. The van der Waals surface area contributed by atoms with Crippen LogP contribution in [0.2, 0.25) is 0 Å². The molecule has 0 unspecified atom stereocenters. The third-order valence-electron chi connectivity index (χ3n) is 5.33. The van der Waals surface area contributed by atoms with Crippen molar-refractivity contribution in [2.45, 2.75) is 0 Å². The molecule has 25 heavy (non-hydrogen) atoms. The van der Waals surface area contributed by atoms with Crippen LogP contribution in [0.5, 0.6) is 0 Å². The van der Waals surface area contributed by atoms with Gasteiger partial charge in [-0.25, -0.2) is 0 Å². The molecule has 0 saturated carbocycles. The third kappa shape index (κ3) is 4.32. The number of anilines is 1. The largest absolute Gasteiger partial charge is 0.396 e. The van der Waals surface area contributed by atoms with Crippen molar-refractivity contribution in [3.63, 3.8) is 0 Å². The smallest absolute Gasteiger partial charge is 0.253 e. The molecule has 2 heterocycles. The number of nitrogens with zero attached hydrogens (tertiary/aromatic N) is 3. The molecule has 0 aromatic heterocycles. The molecule has 1 amide bonds. The Morgan fingerprint density at radius 1 is 1.16 bits per heavy atom. The first-order valence-corrected chi connectivity index (χ1v) is 9.06. The lowest BCUT2D eigenvalue weighted by Gasteiger charge is -2.30. The SMILES string of the molecule is CN(C)c1ccc(C(=O)N2C[C@@H](CN3CCOCC3)[C@@H](CO)C2)cc1. The van der Waals surface area contributed by atoms with E-state index in [0.29, 0.717) is 18.0 Å². The maximum atomic E-state index is 12.8. The minimum Gasteiger partial charge on any atom is -0.396 e. The molecule has 1 N–H and O–H groups in total. The van der Waals surface area contributed by atoms with Gasteiger partial charge < -0.3 is 19.6 Å². The molecule has 2 fully saturated rings. The predicted octanol–water partition coefficient (Wildman–Crippen LogP) is 0.765. The second kappa shape index (κ2) is 8.17. The molecular formula is C19H29N3O3. The van der Waals surface area contributed by atoms with Crippen LogP contribution in [0.4, 0.5) is 5.69 Å². The average molecular weight is 347 g/mol. The summed E-state index contributed by atoms with van der Waals surface area (Å²) in [5, 5.41) is 9.75. The van der Waals surface area contributed by atoms with E-state index in [-0.39, 0.29) is 18.4 Å². The van der Waals surface area contributed by atoms with E-state index >= 15 is 0 Å². The van der Waals surface area contributed by atoms with Crippen LogP contribution < -0.4 is 4.90 Å². The van der Waals surface area contributed by atoms with Gasteiger partial charge in [-0.05, 0) is 30.2 Å². The molecule has 6 heteroatoms. The zero-order chi connectivity index (χ0) is 17.8. The lowest BCUT2D eigenvalue weighted by molar-refractivity contribution is 0.0264. The first kappa shape index (κ1) is 18.2. The first-order valence-electron chi connectivity index (χ1n) is 9.06. The van der Waals surface area contributed by atoms with E-state index in [4.69, 9.17) is 4.74 Å². The Morgan fingerprint density at radius 2 is 1.80 bits per heavy atom. The standard InChI is InChI=1S/C19H29N3O3/c1-20(2)18-5-3-15(4-6-18)19(24)22-12-16(17(13-22)14-23)11-21-7-9-25-10-8-21/h3-6,16-17,23H,7-14H2,1-2H3/t16-,17-/m1/s1. The van der Waals surface area contributed by atoms with E-state index in [2.05, 4.69) is 4.90 Å². The lowest BCUT2D eigenvalue weighted by Crippen LogP contribution is -2.41. The maximum Gasteiger partial charge on any atom is 0.253 e. The molecule has 0 spiro atoms. The van der Waals surface area contributed by atoms with E-state index in [1.54, 1.807) is 0 Å². The first-order chi connectivity index (χ1) is 12.1. The van der Waals surface area contributed by atoms with Crippen LogP contribution in [-0.2, 0) is 4.74 Å². The molecule has 0 bridgehead atoms. The molecule has 2 saturated heterocycles. The highest BCUT2D eigenvalue weighted by molar-refractivity contribution is 5.94. The molecule has 6 nitrogen and oxygen atoms in total. The monoisotopic (exact) mass is 347 g/mol. The highest BCUT2D eigenvalue weighted by atomic mass is 16.5. The average Bonchev–Trinajstić information content (AvgIpc) is 3.05. The summed E-state index contributed by atoms with van der Waals surface area (Å²) >= 11 is 0. The highest BCUT2D eigenvalue weighted by Gasteiger charge is 2.36. The van der Waals surface area contributed by atoms with Gasteiger partial charge in [0.25, 0.3) is 5.91 Å². The Morgan fingerprint density at radius 3 is 2.40 bits per heavy atom. The van der Waals surface area contributed by atoms with Crippen LogP contribution in [0, 0.1) is 11.8 Å². The van der Waals surface area contributed by atoms with Crippen molar-refractivity contribution >= 4 is 11.6 Å². The van der Waals surface area contributed by atoms with Crippen molar-refractivity contribution in [2.24, 2.45) is 11.8 Å². The van der Waals surface area contributed by atoms with Gasteiger partial charge in [0.1, 0.15) is 0 Å². The number of ether oxygens (including phenoxy) is 1. The Labute approximate surface area is 150 Å². The lowest BCUT2D eigenvalue weighted by atomic mass is 9.96. The molecule has 2 aliphatic heterocycles.